The van der Waals surface area contributed by atoms with E-state index < -0.39 is 11.7 Å². The van der Waals surface area contributed by atoms with Crippen LogP contribution in [0.2, 0.25) is 0 Å². The summed E-state index contributed by atoms with van der Waals surface area (Å²) in [5.74, 6) is 0.733. The number of halogens is 3. The van der Waals surface area contributed by atoms with Crippen molar-refractivity contribution in [3.8, 4) is 11.3 Å². The number of alkyl halides is 3. The van der Waals surface area contributed by atoms with Gasteiger partial charge in [-0.05, 0) is 58.0 Å². The fraction of sp³-hybridized carbons (Fsp3) is 0.500. The van der Waals surface area contributed by atoms with Gasteiger partial charge in [-0.2, -0.15) is 13.2 Å². The molecule has 144 valence electrons. The minimum atomic E-state index is -4.33. The topological polar surface area (TPSA) is 41.1 Å². The lowest BCUT2D eigenvalue weighted by molar-refractivity contribution is -0.137. The van der Waals surface area contributed by atoms with Crippen LogP contribution in [-0.4, -0.2) is 40.5 Å². The van der Waals surface area contributed by atoms with E-state index in [1.54, 1.807) is 0 Å². The van der Waals surface area contributed by atoms with Crippen molar-refractivity contribution >= 4 is 0 Å². The quantitative estimate of drug-likeness (QED) is 0.861. The highest BCUT2D eigenvalue weighted by molar-refractivity contribution is 5.60. The van der Waals surface area contributed by atoms with Crippen LogP contribution >= 0.6 is 0 Å². The molecule has 27 heavy (non-hydrogen) atoms. The van der Waals surface area contributed by atoms with Gasteiger partial charge in [0.05, 0.1) is 17.3 Å². The molecule has 1 aromatic carbocycles. The third-order valence-electron chi connectivity index (χ3n) is 5.63. The average molecular weight is 376 g/mol. The Morgan fingerprint density at radius 3 is 2.52 bits per heavy atom. The van der Waals surface area contributed by atoms with Gasteiger partial charge >= 0.3 is 6.18 Å². The van der Waals surface area contributed by atoms with Crippen LogP contribution < -0.4 is 5.32 Å². The van der Waals surface area contributed by atoms with Crippen molar-refractivity contribution in [2.24, 2.45) is 0 Å². The van der Waals surface area contributed by atoms with Crippen LogP contribution in [0.5, 0.6) is 0 Å². The molecule has 4 nitrogen and oxygen atoms in total. The Morgan fingerprint density at radius 1 is 1.15 bits per heavy atom. The number of benzene rings is 1. The van der Waals surface area contributed by atoms with E-state index in [0.29, 0.717) is 11.3 Å². The number of aromatic nitrogens is 2. The van der Waals surface area contributed by atoms with Crippen LogP contribution in [0.25, 0.3) is 11.3 Å². The molecule has 0 saturated carbocycles. The van der Waals surface area contributed by atoms with E-state index in [1.165, 1.54) is 12.1 Å². The molecule has 7 heteroatoms. The van der Waals surface area contributed by atoms with Gasteiger partial charge < -0.3 is 10.2 Å². The van der Waals surface area contributed by atoms with Crippen molar-refractivity contribution in [3.63, 3.8) is 0 Å². The number of hydrogen-bond donors (Lipinski definition) is 1. The summed E-state index contributed by atoms with van der Waals surface area (Å²) >= 11 is 0. The van der Waals surface area contributed by atoms with Gasteiger partial charge in [-0.3, -0.25) is 0 Å². The molecule has 2 saturated heterocycles. The maximum Gasteiger partial charge on any atom is 0.416 e. The lowest BCUT2D eigenvalue weighted by Crippen LogP contribution is -2.42. The summed E-state index contributed by atoms with van der Waals surface area (Å²) in [5, 5.41) is 3.73. The fourth-order valence-electron chi connectivity index (χ4n) is 4.25. The molecule has 0 bridgehead atoms. The van der Waals surface area contributed by atoms with Gasteiger partial charge in [0.15, 0.2) is 0 Å². The zero-order chi connectivity index (χ0) is 19.2. The Morgan fingerprint density at radius 2 is 1.89 bits per heavy atom. The lowest BCUT2D eigenvalue weighted by atomic mass is 9.97. The van der Waals surface area contributed by atoms with E-state index >= 15 is 0 Å². The molecule has 2 aliphatic heterocycles. The molecule has 2 aromatic rings. The van der Waals surface area contributed by atoms with E-state index in [0.717, 1.165) is 56.0 Å². The number of likely N-dealkylation sites (N-methyl/N-ethyl adjacent to an activating group) is 1. The van der Waals surface area contributed by atoms with Crippen molar-refractivity contribution in [2.75, 3.05) is 20.1 Å². The smallest absolute Gasteiger partial charge is 0.304 e. The molecule has 0 aliphatic carbocycles. The molecule has 1 spiro atoms. The molecule has 3 heterocycles. The Balaban J connectivity index is 1.59. The minimum Gasteiger partial charge on any atom is -0.304 e. The highest BCUT2D eigenvalue weighted by Crippen LogP contribution is 2.38. The average Bonchev–Trinajstić information content (AvgIpc) is 3.20. The molecule has 4 rings (SSSR count). The number of aryl methyl sites for hydroxylation is 1. The van der Waals surface area contributed by atoms with Crippen molar-refractivity contribution in [2.45, 2.75) is 43.9 Å². The summed E-state index contributed by atoms with van der Waals surface area (Å²) in [7, 11) is 2.13. The highest BCUT2D eigenvalue weighted by Gasteiger charge is 2.43. The largest absolute Gasteiger partial charge is 0.416 e. The number of rotatable bonds is 2. The monoisotopic (exact) mass is 376 g/mol. The first-order valence-electron chi connectivity index (χ1n) is 9.24. The summed E-state index contributed by atoms with van der Waals surface area (Å²) in [6.07, 6.45) is -1.14. The Kier molecular flexibility index (Phi) is 4.47. The van der Waals surface area contributed by atoms with Crippen LogP contribution in [0.15, 0.2) is 30.3 Å². The van der Waals surface area contributed by atoms with E-state index in [1.807, 2.05) is 13.0 Å². The molecular weight excluding hydrogens is 353 g/mol. The maximum absolute atomic E-state index is 12.8. The first kappa shape index (κ1) is 18.4. The van der Waals surface area contributed by atoms with Crippen molar-refractivity contribution in [1.82, 2.24) is 20.2 Å². The van der Waals surface area contributed by atoms with Gasteiger partial charge in [0, 0.05) is 23.3 Å². The Hall–Kier alpha value is -1.99. The van der Waals surface area contributed by atoms with Gasteiger partial charge in [-0.25, -0.2) is 9.97 Å². The molecule has 1 N–H and O–H groups in total. The van der Waals surface area contributed by atoms with E-state index in [4.69, 9.17) is 0 Å². The van der Waals surface area contributed by atoms with Gasteiger partial charge in [0.2, 0.25) is 0 Å². The maximum atomic E-state index is 12.8. The number of nitrogens with zero attached hydrogens (tertiary/aromatic N) is 3. The first-order chi connectivity index (χ1) is 12.7. The van der Waals surface area contributed by atoms with E-state index in [-0.39, 0.29) is 11.6 Å². The van der Waals surface area contributed by atoms with Crippen molar-refractivity contribution < 1.29 is 13.2 Å². The third kappa shape index (κ3) is 3.71. The summed E-state index contributed by atoms with van der Waals surface area (Å²) in [4.78, 5) is 11.6. The second-order valence-electron chi connectivity index (χ2n) is 7.83. The highest BCUT2D eigenvalue weighted by atomic mass is 19.4. The molecule has 0 amide bonds. The van der Waals surface area contributed by atoms with Crippen LogP contribution in [0.1, 0.15) is 42.4 Å². The molecule has 0 radical (unpaired) electrons. The summed E-state index contributed by atoms with van der Waals surface area (Å²) in [6.45, 7) is 4.01. The van der Waals surface area contributed by atoms with Gasteiger partial charge in [-0.15, -0.1) is 0 Å². The third-order valence-corrected chi connectivity index (χ3v) is 5.63. The summed E-state index contributed by atoms with van der Waals surface area (Å²) in [6, 6.07) is 7.06. The molecule has 0 unspecified atom stereocenters. The van der Waals surface area contributed by atoms with E-state index in [2.05, 4.69) is 27.2 Å². The van der Waals surface area contributed by atoms with Gasteiger partial charge in [0.25, 0.3) is 0 Å². The number of nitrogens with one attached hydrogen (secondary N) is 1. The van der Waals surface area contributed by atoms with E-state index in [9.17, 15) is 13.2 Å². The van der Waals surface area contributed by atoms with Crippen molar-refractivity contribution in [1.29, 1.82) is 0 Å². The second-order valence-corrected chi connectivity index (χ2v) is 7.83. The summed E-state index contributed by atoms with van der Waals surface area (Å²) in [5.41, 5.74) is 1.64. The van der Waals surface area contributed by atoms with Gasteiger partial charge in [0.1, 0.15) is 5.82 Å². The predicted octanol–water partition coefficient (Wildman–Crippen LogP) is 3.97. The SMILES string of the molecule is Cc1cc(-c2ccc(C(F)(F)F)cc2)nc([C@H]2CC[C@@]3(CCN(C)C3)N2)n1. The lowest BCUT2D eigenvalue weighted by Gasteiger charge is -2.25. The zero-order valence-electron chi connectivity index (χ0n) is 15.5. The van der Waals surface area contributed by atoms with Crippen LogP contribution in [0.3, 0.4) is 0 Å². The normalized spacial score (nSPS) is 26.2. The molecule has 2 fully saturated rings. The zero-order valence-corrected chi connectivity index (χ0v) is 15.5. The Bertz CT molecular complexity index is 834. The first-order valence-corrected chi connectivity index (χ1v) is 9.24. The molecule has 2 atom stereocenters. The van der Waals surface area contributed by atoms with Crippen LogP contribution in [-0.2, 0) is 6.18 Å². The van der Waals surface area contributed by atoms with Crippen LogP contribution in [0.4, 0.5) is 13.2 Å². The number of hydrogen-bond acceptors (Lipinski definition) is 4. The minimum absolute atomic E-state index is 0.0876. The second kappa shape index (κ2) is 6.56. The predicted molar refractivity (Wildman–Crippen MR) is 97.2 cm³/mol. The fourth-order valence-corrected chi connectivity index (χ4v) is 4.25. The number of likely N-dealkylation sites (tertiary alicyclic amines) is 1. The Labute approximate surface area is 156 Å². The standard InChI is InChI=1S/C20H23F3N4/c1-13-11-17(14-3-5-15(6-4-14)20(21,22)23)25-18(24-13)16-7-8-19(26-16)9-10-27(2)12-19/h3-6,11,16,26H,7-10,12H2,1-2H3/t16-,19+/m1/s1. The van der Waals surface area contributed by atoms with Gasteiger partial charge in [-0.1, -0.05) is 12.1 Å². The molecule has 2 aliphatic rings. The molecular formula is C20H23F3N4. The van der Waals surface area contributed by atoms with Crippen LogP contribution in [0, 0.1) is 6.92 Å². The summed E-state index contributed by atoms with van der Waals surface area (Å²) < 4.78 is 38.4. The van der Waals surface area contributed by atoms with Crippen molar-refractivity contribution in [3.05, 3.63) is 47.4 Å². The molecule has 1 aromatic heterocycles.